The van der Waals surface area contributed by atoms with Crippen LogP contribution in [0.15, 0.2) is 12.4 Å². The second-order valence-corrected chi connectivity index (χ2v) is 7.16. The molecule has 0 N–H and O–H groups in total. The van der Waals surface area contributed by atoms with Gasteiger partial charge < -0.3 is 0 Å². The summed E-state index contributed by atoms with van der Waals surface area (Å²) in [6, 6.07) is 0. The zero-order valence-corrected chi connectivity index (χ0v) is 12.4. The molecule has 4 heteroatoms. The summed E-state index contributed by atoms with van der Waals surface area (Å²) >= 11 is 3.62. The lowest BCUT2D eigenvalue weighted by Crippen LogP contribution is -1.99. The molecule has 0 saturated heterocycles. The van der Waals surface area contributed by atoms with Crippen molar-refractivity contribution in [1.29, 1.82) is 0 Å². The molecule has 0 aliphatic rings. The molecule has 0 aliphatic carbocycles. The number of hydrogen-bond donors (Lipinski definition) is 0. The summed E-state index contributed by atoms with van der Waals surface area (Å²) < 4.78 is 0. The molecule has 2 rings (SSSR count). The average Bonchev–Trinajstić information content (AvgIpc) is 2.87. The van der Waals surface area contributed by atoms with Gasteiger partial charge in [-0.25, -0.2) is 9.97 Å². The van der Waals surface area contributed by atoms with Crippen LogP contribution < -0.4 is 0 Å². The number of aromatic nitrogens is 2. The molecule has 0 spiro atoms. The van der Waals surface area contributed by atoms with Crippen molar-refractivity contribution in [1.82, 2.24) is 9.97 Å². The third-order valence-electron chi connectivity index (χ3n) is 2.89. The van der Waals surface area contributed by atoms with E-state index in [2.05, 4.69) is 37.7 Å². The topological polar surface area (TPSA) is 25.8 Å². The Morgan fingerprint density at radius 2 is 1.82 bits per heavy atom. The van der Waals surface area contributed by atoms with E-state index in [0.717, 1.165) is 11.4 Å². The highest BCUT2D eigenvalue weighted by molar-refractivity contribution is 7.11. The molecule has 2 atom stereocenters. The van der Waals surface area contributed by atoms with Crippen LogP contribution in [0.25, 0.3) is 0 Å². The van der Waals surface area contributed by atoms with Gasteiger partial charge in [0.2, 0.25) is 0 Å². The van der Waals surface area contributed by atoms with E-state index < -0.39 is 0 Å². The number of thiazole rings is 2. The van der Waals surface area contributed by atoms with Crippen molar-refractivity contribution in [2.24, 2.45) is 0 Å². The molecule has 2 aromatic rings. The van der Waals surface area contributed by atoms with Gasteiger partial charge in [0.05, 0.1) is 10.0 Å². The highest BCUT2D eigenvalue weighted by Crippen LogP contribution is 2.33. The fraction of sp³-hybridized carbons (Fsp3) is 0.538. The Balaban J connectivity index is 2.01. The second-order valence-electron chi connectivity index (χ2n) is 4.63. The lowest BCUT2D eigenvalue weighted by molar-refractivity contribution is 0.596. The largest absolute Gasteiger partial charge is 0.250 e. The number of rotatable bonds is 4. The zero-order valence-electron chi connectivity index (χ0n) is 10.7. The number of nitrogens with zero attached hydrogens (tertiary/aromatic N) is 2. The zero-order chi connectivity index (χ0) is 12.4. The Labute approximate surface area is 111 Å². The first-order valence-corrected chi connectivity index (χ1v) is 7.54. The number of hydrogen-bond acceptors (Lipinski definition) is 4. The van der Waals surface area contributed by atoms with Crippen LogP contribution >= 0.6 is 22.7 Å². The van der Waals surface area contributed by atoms with E-state index in [9.17, 15) is 0 Å². The van der Waals surface area contributed by atoms with Gasteiger partial charge in [0.1, 0.15) is 0 Å². The molecular formula is C13H18N2S2. The Hall–Kier alpha value is -0.740. The molecule has 17 heavy (non-hydrogen) atoms. The van der Waals surface area contributed by atoms with E-state index in [1.165, 1.54) is 14.8 Å². The van der Waals surface area contributed by atoms with E-state index in [4.69, 9.17) is 0 Å². The predicted octanol–water partition coefficient (Wildman–Crippen LogP) is 4.51. The highest BCUT2D eigenvalue weighted by Gasteiger charge is 2.16. The molecule has 2 heterocycles. The average molecular weight is 266 g/mol. The maximum atomic E-state index is 4.47. The quantitative estimate of drug-likeness (QED) is 0.813. The van der Waals surface area contributed by atoms with Crippen LogP contribution in [-0.2, 0) is 0 Å². The van der Waals surface area contributed by atoms with E-state index >= 15 is 0 Å². The molecule has 0 aliphatic heterocycles. The van der Waals surface area contributed by atoms with Crippen molar-refractivity contribution >= 4 is 22.7 Å². The van der Waals surface area contributed by atoms with Gasteiger partial charge in [0, 0.05) is 28.1 Å². The molecule has 0 amide bonds. The third kappa shape index (κ3) is 3.13. The van der Waals surface area contributed by atoms with Crippen molar-refractivity contribution in [3.05, 3.63) is 32.2 Å². The molecule has 1 unspecified atom stereocenters. The monoisotopic (exact) mass is 266 g/mol. The van der Waals surface area contributed by atoms with Crippen LogP contribution in [0.1, 0.15) is 51.9 Å². The highest BCUT2D eigenvalue weighted by atomic mass is 32.1. The molecule has 2 aromatic heterocycles. The second kappa shape index (κ2) is 5.27. The van der Waals surface area contributed by atoms with Gasteiger partial charge in [-0.2, -0.15) is 0 Å². The van der Waals surface area contributed by atoms with E-state index in [0.29, 0.717) is 11.8 Å². The van der Waals surface area contributed by atoms with Crippen LogP contribution in [-0.4, -0.2) is 9.97 Å². The van der Waals surface area contributed by atoms with Crippen molar-refractivity contribution in [2.45, 2.75) is 46.0 Å². The fourth-order valence-corrected chi connectivity index (χ4v) is 3.64. The van der Waals surface area contributed by atoms with Crippen molar-refractivity contribution in [3.8, 4) is 0 Å². The molecule has 92 valence electrons. The van der Waals surface area contributed by atoms with Gasteiger partial charge in [-0.05, 0) is 26.2 Å². The molecule has 0 fully saturated rings. The van der Waals surface area contributed by atoms with Crippen LogP contribution in [0.5, 0.6) is 0 Å². The van der Waals surface area contributed by atoms with E-state index in [-0.39, 0.29) is 0 Å². The third-order valence-corrected chi connectivity index (χ3v) is 5.18. The summed E-state index contributed by atoms with van der Waals surface area (Å²) in [5.74, 6) is 1.10. The van der Waals surface area contributed by atoms with E-state index in [1.807, 2.05) is 35.1 Å². The molecule has 2 nitrogen and oxygen atoms in total. The first-order chi connectivity index (χ1) is 8.06. The van der Waals surface area contributed by atoms with Crippen molar-refractivity contribution in [3.63, 3.8) is 0 Å². The minimum Gasteiger partial charge on any atom is -0.250 e. The van der Waals surface area contributed by atoms with Crippen LogP contribution in [0.2, 0.25) is 0 Å². The minimum absolute atomic E-state index is 0.533. The van der Waals surface area contributed by atoms with E-state index in [1.54, 1.807) is 0 Å². The fourth-order valence-electron chi connectivity index (χ4n) is 1.95. The van der Waals surface area contributed by atoms with Gasteiger partial charge in [-0.3, -0.25) is 0 Å². The first-order valence-electron chi connectivity index (χ1n) is 5.91. The van der Waals surface area contributed by atoms with Crippen LogP contribution in [0, 0.1) is 13.8 Å². The van der Waals surface area contributed by atoms with Gasteiger partial charge in [0.15, 0.2) is 0 Å². The molecular weight excluding hydrogens is 248 g/mol. The van der Waals surface area contributed by atoms with Gasteiger partial charge >= 0.3 is 0 Å². The normalized spacial score (nSPS) is 14.8. The SMILES string of the molecule is Cc1cnc([C@@H](C)CC(C)c2cnc(C)s2)s1. The lowest BCUT2D eigenvalue weighted by Gasteiger charge is -2.13. The van der Waals surface area contributed by atoms with Gasteiger partial charge in [0.25, 0.3) is 0 Å². The summed E-state index contributed by atoms with van der Waals surface area (Å²) in [5, 5.41) is 2.42. The Kier molecular flexibility index (Phi) is 3.94. The number of aryl methyl sites for hydroxylation is 2. The summed E-state index contributed by atoms with van der Waals surface area (Å²) in [4.78, 5) is 11.5. The Bertz CT molecular complexity index is 443. The molecule has 0 saturated carbocycles. The molecule has 0 radical (unpaired) electrons. The smallest absolute Gasteiger partial charge is 0.0955 e. The minimum atomic E-state index is 0.533. The summed E-state index contributed by atoms with van der Waals surface area (Å²) in [7, 11) is 0. The Morgan fingerprint density at radius 3 is 2.35 bits per heavy atom. The Morgan fingerprint density at radius 1 is 1.06 bits per heavy atom. The van der Waals surface area contributed by atoms with Gasteiger partial charge in [-0.1, -0.05) is 13.8 Å². The predicted molar refractivity (Wildman–Crippen MR) is 75.1 cm³/mol. The summed E-state index contributed by atoms with van der Waals surface area (Å²) in [6.07, 6.45) is 5.14. The van der Waals surface area contributed by atoms with Crippen molar-refractivity contribution < 1.29 is 0 Å². The first kappa shape index (κ1) is 12.7. The standard InChI is InChI=1S/C13H18N2S2/c1-8(12-7-14-11(4)17-12)5-9(2)13-15-6-10(3)16-13/h6-9H,5H2,1-4H3/t8?,9-/m0/s1. The maximum absolute atomic E-state index is 4.47. The maximum Gasteiger partial charge on any atom is 0.0955 e. The van der Waals surface area contributed by atoms with Crippen LogP contribution in [0.3, 0.4) is 0 Å². The molecule has 0 bridgehead atoms. The van der Waals surface area contributed by atoms with Crippen LogP contribution in [0.4, 0.5) is 0 Å². The lowest BCUT2D eigenvalue weighted by atomic mass is 9.97. The van der Waals surface area contributed by atoms with Crippen molar-refractivity contribution in [2.75, 3.05) is 0 Å². The van der Waals surface area contributed by atoms with Gasteiger partial charge in [-0.15, -0.1) is 22.7 Å². The summed E-state index contributed by atoms with van der Waals surface area (Å²) in [6.45, 7) is 8.73. The summed E-state index contributed by atoms with van der Waals surface area (Å²) in [5.41, 5.74) is 0. The molecule has 0 aromatic carbocycles.